The maximum absolute atomic E-state index is 5.54. The third kappa shape index (κ3) is 2.23. The van der Waals surface area contributed by atoms with E-state index in [1.165, 1.54) is 25.7 Å². The quantitative estimate of drug-likeness (QED) is 0.837. The van der Waals surface area contributed by atoms with Gasteiger partial charge in [0.05, 0.1) is 6.54 Å². The van der Waals surface area contributed by atoms with Gasteiger partial charge in [-0.15, -0.1) is 5.10 Å². The molecule has 1 heterocycles. The lowest BCUT2D eigenvalue weighted by Crippen LogP contribution is -2.30. The van der Waals surface area contributed by atoms with Crippen LogP contribution in [0, 0.1) is 17.8 Å². The molecule has 2 N–H and O–H groups in total. The molecule has 5 heteroatoms. The Balaban J connectivity index is 1.58. The maximum Gasteiger partial charge on any atom is 0.315 e. The first kappa shape index (κ1) is 12.0. The third-order valence-corrected chi connectivity index (χ3v) is 4.58. The van der Waals surface area contributed by atoms with Crippen molar-refractivity contribution in [2.45, 2.75) is 45.2 Å². The molecule has 0 spiro atoms. The largest absolute Gasteiger partial charge is 0.407 e. The number of fused-ring (bicyclic) bond motifs is 2. The first-order chi connectivity index (χ1) is 8.76. The van der Waals surface area contributed by atoms with E-state index in [1.54, 1.807) is 0 Å². The second-order valence-electron chi connectivity index (χ2n) is 5.80. The van der Waals surface area contributed by atoms with E-state index in [2.05, 4.69) is 27.8 Å². The van der Waals surface area contributed by atoms with E-state index >= 15 is 0 Å². The summed E-state index contributed by atoms with van der Waals surface area (Å²) >= 11 is 0. The zero-order valence-corrected chi connectivity index (χ0v) is 11.1. The van der Waals surface area contributed by atoms with E-state index in [0.717, 1.165) is 17.8 Å². The van der Waals surface area contributed by atoms with Crippen molar-refractivity contribution in [1.29, 1.82) is 0 Å². The zero-order chi connectivity index (χ0) is 12.5. The van der Waals surface area contributed by atoms with Crippen LogP contribution in [0.5, 0.6) is 0 Å². The average molecular weight is 250 g/mol. The number of aromatic nitrogens is 2. The molecule has 4 unspecified atom stereocenters. The molecule has 2 aliphatic rings. The fourth-order valence-electron chi connectivity index (χ4n) is 3.74. The van der Waals surface area contributed by atoms with Crippen molar-refractivity contribution in [3.8, 4) is 0 Å². The fourth-order valence-corrected chi connectivity index (χ4v) is 3.74. The zero-order valence-electron chi connectivity index (χ0n) is 11.1. The van der Waals surface area contributed by atoms with Crippen LogP contribution in [-0.4, -0.2) is 23.3 Å². The highest BCUT2D eigenvalue weighted by Crippen LogP contribution is 2.49. The topological polar surface area (TPSA) is 63.0 Å². The Morgan fingerprint density at radius 3 is 2.89 bits per heavy atom. The van der Waals surface area contributed by atoms with Crippen LogP contribution in [0.2, 0.25) is 0 Å². The molecular weight excluding hydrogens is 228 g/mol. The molecule has 2 fully saturated rings. The van der Waals surface area contributed by atoms with Gasteiger partial charge in [0.15, 0.2) is 0 Å². The number of anilines is 1. The number of nitrogens with one attached hydrogen (secondary N) is 2. The molecule has 100 valence electrons. The predicted octanol–water partition coefficient (Wildman–Crippen LogP) is 2.03. The van der Waals surface area contributed by atoms with Crippen molar-refractivity contribution in [2.24, 2.45) is 17.8 Å². The third-order valence-electron chi connectivity index (χ3n) is 4.58. The number of nitrogens with zero attached hydrogens (tertiary/aromatic N) is 2. The Hall–Kier alpha value is -1.10. The van der Waals surface area contributed by atoms with E-state index in [9.17, 15) is 0 Å². The summed E-state index contributed by atoms with van der Waals surface area (Å²) in [6, 6.07) is 0.999. The van der Waals surface area contributed by atoms with Crippen molar-refractivity contribution in [2.75, 3.05) is 12.4 Å². The van der Waals surface area contributed by atoms with Gasteiger partial charge in [0, 0.05) is 6.04 Å². The van der Waals surface area contributed by atoms with Crippen molar-refractivity contribution in [3.63, 3.8) is 0 Å². The molecule has 0 radical (unpaired) electrons. The number of hydrogen-bond acceptors (Lipinski definition) is 5. The summed E-state index contributed by atoms with van der Waals surface area (Å²) in [4.78, 5) is 0. The maximum atomic E-state index is 5.54. The van der Waals surface area contributed by atoms with Crippen molar-refractivity contribution >= 4 is 6.01 Å². The molecule has 1 aromatic heterocycles. The molecule has 4 atom stereocenters. The number of rotatable bonds is 5. The summed E-state index contributed by atoms with van der Waals surface area (Å²) in [6.07, 6.45) is 5.67. The lowest BCUT2D eigenvalue weighted by Gasteiger charge is -2.27. The summed E-state index contributed by atoms with van der Waals surface area (Å²) in [5.41, 5.74) is 0. The van der Waals surface area contributed by atoms with Gasteiger partial charge < -0.3 is 15.1 Å². The molecule has 2 saturated carbocycles. The monoisotopic (exact) mass is 250 g/mol. The standard InChI is InChI=1S/C13H22N4O/c1-8(11-6-9-3-4-10(11)5-9)15-13-17-16-12(18-13)7-14-2/h8-11,14H,3-7H2,1-2H3,(H,15,17). The summed E-state index contributed by atoms with van der Waals surface area (Å²) in [6.45, 7) is 2.87. The van der Waals surface area contributed by atoms with E-state index in [0.29, 0.717) is 24.5 Å². The Bertz CT molecular complexity index is 405. The second-order valence-corrected chi connectivity index (χ2v) is 5.80. The second kappa shape index (κ2) is 4.88. The van der Waals surface area contributed by atoms with E-state index in [-0.39, 0.29) is 0 Å². The summed E-state index contributed by atoms with van der Waals surface area (Å²) < 4.78 is 5.54. The molecule has 0 aliphatic heterocycles. The summed E-state index contributed by atoms with van der Waals surface area (Å²) in [7, 11) is 1.87. The van der Waals surface area contributed by atoms with Crippen LogP contribution in [0.1, 0.15) is 38.5 Å². The van der Waals surface area contributed by atoms with Crippen LogP contribution in [0.4, 0.5) is 6.01 Å². The minimum Gasteiger partial charge on any atom is -0.407 e. The fraction of sp³-hybridized carbons (Fsp3) is 0.846. The van der Waals surface area contributed by atoms with Gasteiger partial charge in [0.1, 0.15) is 0 Å². The van der Waals surface area contributed by atoms with Gasteiger partial charge >= 0.3 is 6.01 Å². The minimum absolute atomic E-state index is 0.434. The van der Waals surface area contributed by atoms with Crippen LogP contribution >= 0.6 is 0 Å². The molecule has 2 bridgehead atoms. The van der Waals surface area contributed by atoms with E-state index < -0.39 is 0 Å². The van der Waals surface area contributed by atoms with Crippen LogP contribution in [0.15, 0.2) is 4.42 Å². The van der Waals surface area contributed by atoms with Crippen LogP contribution < -0.4 is 10.6 Å². The highest BCUT2D eigenvalue weighted by Gasteiger charge is 2.42. The predicted molar refractivity (Wildman–Crippen MR) is 69.1 cm³/mol. The Morgan fingerprint density at radius 1 is 1.33 bits per heavy atom. The summed E-state index contributed by atoms with van der Waals surface area (Å²) in [5.74, 6) is 3.31. The Kier molecular flexibility index (Phi) is 3.24. The van der Waals surface area contributed by atoms with Crippen molar-refractivity contribution in [3.05, 3.63) is 5.89 Å². The summed E-state index contributed by atoms with van der Waals surface area (Å²) in [5, 5.41) is 14.4. The first-order valence-electron chi connectivity index (χ1n) is 6.99. The highest BCUT2D eigenvalue weighted by atomic mass is 16.4. The molecule has 3 rings (SSSR count). The lowest BCUT2D eigenvalue weighted by atomic mass is 9.84. The average Bonchev–Trinajstić information content (AvgIpc) is 3.05. The van der Waals surface area contributed by atoms with Gasteiger partial charge in [-0.1, -0.05) is 11.5 Å². The Morgan fingerprint density at radius 2 is 2.22 bits per heavy atom. The van der Waals surface area contributed by atoms with Gasteiger partial charge in [-0.2, -0.15) is 0 Å². The minimum atomic E-state index is 0.434. The van der Waals surface area contributed by atoms with Crippen molar-refractivity contribution < 1.29 is 4.42 Å². The molecule has 0 amide bonds. The molecule has 1 aromatic rings. The van der Waals surface area contributed by atoms with Gasteiger partial charge in [-0.05, 0) is 51.0 Å². The van der Waals surface area contributed by atoms with Gasteiger partial charge in [0.2, 0.25) is 5.89 Å². The molecular formula is C13H22N4O. The molecule has 5 nitrogen and oxygen atoms in total. The van der Waals surface area contributed by atoms with E-state index in [1.807, 2.05) is 7.05 Å². The number of hydrogen-bond donors (Lipinski definition) is 2. The van der Waals surface area contributed by atoms with Crippen molar-refractivity contribution in [1.82, 2.24) is 15.5 Å². The molecule has 0 saturated heterocycles. The lowest BCUT2D eigenvalue weighted by molar-refractivity contribution is 0.300. The molecule has 2 aliphatic carbocycles. The Labute approximate surface area is 108 Å². The smallest absolute Gasteiger partial charge is 0.315 e. The molecule has 0 aromatic carbocycles. The van der Waals surface area contributed by atoms with E-state index in [4.69, 9.17) is 4.42 Å². The normalized spacial score (nSPS) is 31.8. The first-order valence-corrected chi connectivity index (χ1v) is 6.99. The van der Waals surface area contributed by atoms with Gasteiger partial charge in [0.25, 0.3) is 0 Å². The molecule has 18 heavy (non-hydrogen) atoms. The van der Waals surface area contributed by atoms with Gasteiger partial charge in [-0.25, -0.2) is 0 Å². The SMILES string of the molecule is CNCc1nnc(NC(C)C2CC3CCC2C3)o1. The van der Waals surface area contributed by atoms with Crippen LogP contribution in [0.3, 0.4) is 0 Å². The van der Waals surface area contributed by atoms with Crippen LogP contribution in [-0.2, 0) is 6.54 Å². The van der Waals surface area contributed by atoms with Crippen LogP contribution in [0.25, 0.3) is 0 Å². The van der Waals surface area contributed by atoms with Gasteiger partial charge in [-0.3, -0.25) is 0 Å². The highest BCUT2D eigenvalue weighted by molar-refractivity contribution is 5.20.